The summed E-state index contributed by atoms with van der Waals surface area (Å²) in [5, 5.41) is 14.4. The fourth-order valence-electron chi connectivity index (χ4n) is 5.84. The maximum Gasteiger partial charge on any atom is 0.335 e. The van der Waals surface area contributed by atoms with Crippen molar-refractivity contribution in [3.8, 4) is 0 Å². The van der Waals surface area contributed by atoms with Crippen LogP contribution in [0.4, 0.5) is 17.1 Å². The molecule has 278 valence electrons. The highest BCUT2D eigenvalue weighted by Crippen LogP contribution is 2.36. The van der Waals surface area contributed by atoms with Gasteiger partial charge < -0.3 is 24.3 Å². The number of ether oxygens (including phenoxy) is 2. The number of methoxy groups -OCH3 is 1. The number of aliphatic hydroxyl groups is 1. The Labute approximate surface area is 317 Å². The Balaban J connectivity index is 1.63. The normalized spacial score (nSPS) is 12.4. The van der Waals surface area contributed by atoms with Crippen LogP contribution in [0, 0.1) is 0 Å². The van der Waals surface area contributed by atoms with Crippen molar-refractivity contribution in [2.24, 2.45) is 5.16 Å². The number of nitrogens with zero attached hydrogens (tertiary/aromatic N) is 2. The SMILES string of the molecule is C=COCCC/C(=N\OC(=O)CCCCCS)C(=O)c1ccc(N(c2ccc(CC)cc2)c2ccc(C(=O)C(CO)(OC)c3ccccc3)cc2)cc1. The molecule has 4 aromatic carbocycles. The van der Waals surface area contributed by atoms with Crippen molar-refractivity contribution >= 4 is 52.9 Å². The van der Waals surface area contributed by atoms with Gasteiger partial charge in [-0.25, -0.2) is 4.79 Å². The van der Waals surface area contributed by atoms with Crippen LogP contribution in [-0.4, -0.2) is 54.4 Å². The summed E-state index contributed by atoms with van der Waals surface area (Å²) in [5.41, 5.74) is 3.46. The zero-order valence-corrected chi connectivity index (χ0v) is 31.3. The van der Waals surface area contributed by atoms with E-state index < -0.39 is 18.2 Å². The van der Waals surface area contributed by atoms with Gasteiger partial charge >= 0.3 is 5.97 Å². The highest BCUT2D eigenvalue weighted by Gasteiger charge is 2.40. The minimum absolute atomic E-state index is 0.118. The average Bonchev–Trinajstić information content (AvgIpc) is 3.21. The number of hydrogen-bond donors (Lipinski definition) is 2. The Morgan fingerprint density at radius 3 is 1.96 bits per heavy atom. The number of unbranched alkanes of at least 4 members (excludes halogenated alkanes) is 2. The van der Waals surface area contributed by atoms with Crippen LogP contribution in [0.15, 0.2) is 121 Å². The van der Waals surface area contributed by atoms with Crippen molar-refractivity contribution in [1.82, 2.24) is 0 Å². The predicted octanol–water partition coefficient (Wildman–Crippen LogP) is 8.95. The maximum atomic E-state index is 13.8. The van der Waals surface area contributed by atoms with Crippen LogP contribution in [0.3, 0.4) is 0 Å². The standard InChI is InChI=1S/C43H48N2O7S/c1-4-32-17-23-36(24-18-32)45(38-27-21-34(22-28-38)42(49)43(31-46,50-3)35-13-8-6-9-14-35)37-25-19-33(20-26-37)41(48)39(15-12-29-51-5-2)44-52-40(47)16-10-7-11-30-53/h5-6,8-9,13-14,17-28,46,53H,2,4,7,10-12,15-16,29-31H2,1,3H3/b44-39+. The first-order chi connectivity index (χ1) is 25.8. The molecule has 4 rings (SSSR count). The van der Waals surface area contributed by atoms with Crippen molar-refractivity contribution in [2.45, 2.75) is 57.5 Å². The number of carbonyl (C=O) groups is 3. The fourth-order valence-corrected chi connectivity index (χ4v) is 6.07. The van der Waals surface area contributed by atoms with E-state index in [1.807, 2.05) is 47.4 Å². The van der Waals surface area contributed by atoms with Crippen LogP contribution in [0.25, 0.3) is 0 Å². The smallest absolute Gasteiger partial charge is 0.335 e. The molecule has 0 saturated heterocycles. The van der Waals surface area contributed by atoms with E-state index in [9.17, 15) is 19.5 Å². The minimum Gasteiger partial charge on any atom is -0.502 e. The van der Waals surface area contributed by atoms with E-state index in [1.54, 1.807) is 48.5 Å². The van der Waals surface area contributed by atoms with E-state index in [2.05, 4.69) is 43.4 Å². The van der Waals surface area contributed by atoms with E-state index >= 15 is 0 Å². The molecule has 10 heteroatoms. The highest BCUT2D eigenvalue weighted by molar-refractivity contribution is 7.80. The average molecular weight is 737 g/mol. The molecule has 53 heavy (non-hydrogen) atoms. The van der Waals surface area contributed by atoms with Gasteiger partial charge in [-0.2, -0.15) is 12.6 Å². The molecular formula is C43H48N2O7S. The summed E-state index contributed by atoms with van der Waals surface area (Å²) < 4.78 is 10.9. The number of ketones is 2. The number of hydrogen-bond acceptors (Lipinski definition) is 10. The van der Waals surface area contributed by atoms with Gasteiger partial charge in [-0.05, 0) is 103 Å². The number of aliphatic hydroxyl groups excluding tert-OH is 1. The van der Waals surface area contributed by atoms with Crippen molar-refractivity contribution in [1.29, 1.82) is 0 Å². The minimum atomic E-state index is -1.55. The number of carbonyl (C=O) groups excluding carboxylic acids is 3. The molecule has 4 aromatic rings. The number of benzene rings is 4. The molecule has 0 aliphatic rings. The van der Waals surface area contributed by atoms with Gasteiger partial charge in [-0.3, -0.25) is 9.59 Å². The molecule has 1 N–H and O–H groups in total. The van der Waals surface area contributed by atoms with Gasteiger partial charge in [-0.1, -0.05) is 67.5 Å². The van der Waals surface area contributed by atoms with Crippen LogP contribution in [0.2, 0.25) is 0 Å². The van der Waals surface area contributed by atoms with Gasteiger partial charge in [-0.15, -0.1) is 0 Å². The lowest BCUT2D eigenvalue weighted by molar-refractivity contribution is -0.143. The molecule has 0 aromatic heterocycles. The Kier molecular flexibility index (Phi) is 16.0. The summed E-state index contributed by atoms with van der Waals surface area (Å²) in [6, 6.07) is 31.3. The number of oxime groups is 1. The van der Waals surface area contributed by atoms with E-state index in [0.717, 1.165) is 42.1 Å². The number of thiol groups is 1. The van der Waals surface area contributed by atoms with Gasteiger partial charge in [0.1, 0.15) is 5.71 Å². The second kappa shape index (κ2) is 20.9. The lowest BCUT2D eigenvalue weighted by atomic mass is 9.86. The van der Waals surface area contributed by atoms with E-state index in [1.165, 1.54) is 18.9 Å². The van der Waals surface area contributed by atoms with Crippen molar-refractivity contribution in [2.75, 3.05) is 31.0 Å². The second-order valence-electron chi connectivity index (χ2n) is 12.3. The van der Waals surface area contributed by atoms with Crippen LogP contribution in [0.1, 0.15) is 77.3 Å². The molecule has 0 aliphatic heterocycles. The summed E-state index contributed by atoms with van der Waals surface area (Å²) in [4.78, 5) is 47.1. The van der Waals surface area contributed by atoms with Gasteiger partial charge in [0.05, 0.1) is 19.5 Å². The lowest BCUT2D eigenvalue weighted by Crippen LogP contribution is -2.41. The van der Waals surface area contributed by atoms with E-state index in [4.69, 9.17) is 14.3 Å². The summed E-state index contributed by atoms with van der Waals surface area (Å²) in [6.07, 6.45) is 5.57. The largest absolute Gasteiger partial charge is 0.502 e. The third-order valence-electron chi connectivity index (χ3n) is 8.91. The molecule has 0 fully saturated rings. The van der Waals surface area contributed by atoms with Gasteiger partial charge in [0.2, 0.25) is 11.6 Å². The molecule has 1 atom stereocenters. The van der Waals surface area contributed by atoms with Gasteiger partial charge in [0, 0.05) is 48.1 Å². The fraction of sp³-hybridized carbons (Fsp3) is 0.302. The zero-order valence-electron chi connectivity index (χ0n) is 30.4. The molecule has 0 saturated carbocycles. The molecule has 0 aliphatic carbocycles. The molecule has 0 heterocycles. The molecule has 0 spiro atoms. The second-order valence-corrected chi connectivity index (χ2v) is 12.8. The quantitative estimate of drug-likeness (QED) is 0.0156. The number of anilines is 3. The molecule has 9 nitrogen and oxygen atoms in total. The van der Waals surface area contributed by atoms with Crippen molar-refractivity contribution in [3.05, 3.63) is 138 Å². The summed E-state index contributed by atoms with van der Waals surface area (Å²) >= 11 is 4.20. The van der Waals surface area contributed by atoms with E-state index in [0.29, 0.717) is 36.1 Å². The first-order valence-corrected chi connectivity index (χ1v) is 18.4. The number of aryl methyl sites for hydroxylation is 1. The Hall–Kier alpha value is -5.03. The Morgan fingerprint density at radius 1 is 0.811 bits per heavy atom. The van der Waals surface area contributed by atoms with Crippen molar-refractivity contribution < 1.29 is 33.8 Å². The third kappa shape index (κ3) is 10.8. The van der Waals surface area contributed by atoms with Crippen LogP contribution in [0.5, 0.6) is 0 Å². The molecule has 0 bridgehead atoms. The zero-order chi connectivity index (χ0) is 38.1. The van der Waals surface area contributed by atoms with Gasteiger partial charge in [0.25, 0.3) is 0 Å². The maximum absolute atomic E-state index is 13.8. The third-order valence-corrected chi connectivity index (χ3v) is 9.22. The Morgan fingerprint density at radius 2 is 1.42 bits per heavy atom. The summed E-state index contributed by atoms with van der Waals surface area (Å²) in [7, 11) is 1.41. The highest BCUT2D eigenvalue weighted by atomic mass is 32.1. The molecule has 1 unspecified atom stereocenters. The van der Waals surface area contributed by atoms with Crippen LogP contribution < -0.4 is 4.90 Å². The van der Waals surface area contributed by atoms with Crippen LogP contribution >= 0.6 is 12.6 Å². The summed E-state index contributed by atoms with van der Waals surface area (Å²) in [5.74, 6) is -0.462. The molecule has 0 amide bonds. The number of rotatable bonds is 22. The molecular weight excluding hydrogens is 689 g/mol. The monoisotopic (exact) mass is 736 g/mol. The Bertz CT molecular complexity index is 1800. The van der Waals surface area contributed by atoms with Gasteiger partial charge in [0.15, 0.2) is 5.60 Å². The van der Waals surface area contributed by atoms with Crippen LogP contribution in [-0.2, 0) is 31.1 Å². The van der Waals surface area contributed by atoms with Crippen molar-refractivity contribution in [3.63, 3.8) is 0 Å². The van der Waals surface area contributed by atoms with E-state index in [-0.39, 0.29) is 30.1 Å². The lowest BCUT2D eigenvalue weighted by Gasteiger charge is -2.30. The predicted molar refractivity (Wildman–Crippen MR) is 213 cm³/mol. The summed E-state index contributed by atoms with van der Waals surface area (Å²) in [6.45, 7) is 5.45. The molecule has 0 radical (unpaired) electrons. The number of Topliss-reactive ketones (excluding diaryl/α,β-unsaturated/α-hetero) is 2. The topological polar surface area (TPSA) is 115 Å². The first-order valence-electron chi connectivity index (χ1n) is 17.8. The first kappa shape index (κ1) is 40.7.